The molecule has 0 aliphatic carbocycles. The summed E-state index contributed by atoms with van der Waals surface area (Å²) in [4.78, 5) is 35.4. The molecule has 1 aliphatic heterocycles. The molecule has 1 amide bonds. The van der Waals surface area contributed by atoms with Crippen LogP contribution >= 0.6 is 11.8 Å². The van der Waals surface area contributed by atoms with Gasteiger partial charge in [-0.2, -0.15) is 0 Å². The number of hydrogen-bond donors (Lipinski definition) is 0. The molecule has 1 fully saturated rings. The van der Waals surface area contributed by atoms with Crippen LogP contribution in [0.15, 0.2) is 88.8 Å². The molecule has 6 nitrogen and oxygen atoms in total. The fraction of sp³-hybridized carbons (Fsp3) is 0.250. The highest BCUT2D eigenvalue weighted by molar-refractivity contribution is 7.99. The second-order valence-electron chi connectivity index (χ2n) is 8.82. The number of rotatable bonds is 6. The van der Waals surface area contributed by atoms with Crippen LogP contribution in [0.1, 0.15) is 11.1 Å². The fourth-order valence-corrected chi connectivity index (χ4v) is 5.37. The van der Waals surface area contributed by atoms with E-state index in [0.717, 1.165) is 25.3 Å². The van der Waals surface area contributed by atoms with Gasteiger partial charge in [-0.05, 0) is 36.8 Å². The van der Waals surface area contributed by atoms with Crippen LogP contribution in [-0.4, -0.2) is 57.2 Å². The summed E-state index contributed by atoms with van der Waals surface area (Å²) >= 11 is 1.32. The van der Waals surface area contributed by atoms with Crippen LogP contribution in [0.3, 0.4) is 0 Å². The Balaban J connectivity index is 1.27. The molecule has 35 heavy (non-hydrogen) atoms. The van der Waals surface area contributed by atoms with Gasteiger partial charge < -0.3 is 4.90 Å². The summed E-state index contributed by atoms with van der Waals surface area (Å²) in [6, 6.07) is 25.4. The van der Waals surface area contributed by atoms with Crippen molar-refractivity contribution in [1.82, 2.24) is 19.4 Å². The second kappa shape index (κ2) is 10.5. The first-order valence-corrected chi connectivity index (χ1v) is 12.8. The first kappa shape index (κ1) is 23.3. The largest absolute Gasteiger partial charge is 0.339 e. The Morgan fingerprint density at radius 3 is 2.43 bits per heavy atom. The maximum atomic E-state index is 13.3. The minimum absolute atomic E-state index is 0.0761. The number of amides is 1. The van der Waals surface area contributed by atoms with Gasteiger partial charge in [-0.15, -0.1) is 0 Å². The summed E-state index contributed by atoms with van der Waals surface area (Å²) in [6.07, 6.45) is 0. The number of aryl methyl sites for hydroxylation is 1. The quantitative estimate of drug-likeness (QED) is 0.304. The average molecular weight is 485 g/mol. The Morgan fingerprint density at radius 2 is 1.66 bits per heavy atom. The van der Waals surface area contributed by atoms with Crippen LogP contribution in [0, 0.1) is 6.92 Å². The van der Waals surface area contributed by atoms with E-state index >= 15 is 0 Å². The van der Waals surface area contributed by atoms with Crippen molar-refractivity contribution in [3.63, 3.8) is 0 Å². The second-order valence-corrected chi connectivity index (χ2v) is 9.76. The van der Waals surface area contributed by atoms with Gasteiger partial charge in [-0.3, -0.25) is 19.1 Å². The third-order valence-corrected chi connectivity index (χ3v) is 7.22. The van der Waals surface area contributed by atoms with E-state index in [2.05, 4.69) is 36.1 Å². The molecule has 0 N–H and O–H groups in total. The van der Waals surface area contributed by atoms with Gasteiger partial charge >= 0.3 is 0 Å². The Kier molecular flexibility index (Phi) is 6.97. The molecule has 4 aromatic rings. The highest BCUT2D eigenvalue weighted by atomic mass is 32.2. The van der Waals surface area contributed by atoms with Gasteiger partial charge in [0.05, 0.1) is 22.3 Å². The number of thioether (sulfide) groups is 1. The molecule has 0 atom stereocenters. The maximum absolute atomic E-state index is 13.3. The number of carbonyl (C=O) groups is 1. The highest BCUT2D eigenvalue weighted by Crippen LogP contribution is 2.22. The van der Waals surface area contributed by atoms with Gasteiger partial charge in [0.2, 0.25) is 5.91 Å². The van der Waals surface area contributed by atoms with Crippen molar-refractivity contribution in [3.05, 3.63) is 100 Å². The maximum Gasteiger partial charge on any atom is 0.266 e. The molecular formula is C28H28N4O2S. The molecule has 1 aromatic heterocycles. The Labute approximate surface area is 209 Å². The smallest absolute Gasteiger partial charge is 0.266 e. The third kappa shape index (κ3) is 5.31. The first-order chi connectivity index (χ1) is 17.1. The number of nitrogens with zero attached hydrogens (tertiary/aromatic N) is 4. The Morgan fingerprint density at radius 1 is 0.914 bits per heavy atom. The zero-order valence-corrected chi connectivity index (χ0v) is 20.6. The summed E-state index contributed by atoms with van der Waals surface area (Å²) in [6.45, 7) is 6.15. The highest BCUT2D eigenvalue weighted by Gasteiger charge is 2.22. The topological polar surface area (TPSA) is 58.4 Å². The molecule has 0 bridgehead atoms. The molecule has 2 heterocycles. The van der Waals surface area contributed by atoms with Gasteiger partial charge in [-0.25, -0.2) is 4.98 Å². The van der Waals surface area contributed by atoms with Crippen molar-refractivity contribution < 1.29 is 4.79 Å². The molecule has 1 saturated heterocycles. The van der Waals surface area contributed by atoms with Crippen LogP contribution in [0.25, 0.3) is 16.6 Å². The van der Waals surface area contributed by atoms with Crippen LogP contribution < -0.4 is 5.56 Å². The average Bonchev–Trinajstić information content (AvgIpc) is 2.88. The van der Waals surface area contributed by atoms with E-state index in [-0.39, 0.29) is 17.2 Å². The zero-order chi connectivity index (χ0) is 24.2. The predicted molar refractivity (Wildman–Crippen MR) is 141 cm³/mol. The van der Waals surface area contributed by atoms with Crippen LogP contribution in [0.2, 0.25) is 0 Å². The lowest BCUT2D eigenvalue weighted by Crippen LogP contribution is -2.48. The van der Waals surface area contributed by atoms with E-state index in [9.17, 15) is 9.59 Å². The van der Waals surface area contributed by atoms with Gasteiger partial charge in [0, 0.05) is 32.7 Å². The van der Waals surface area contributed by atoms with E-state index in [0.29, 0.717) is 29.1 Å². The number of hydrogen-bond acceptors (Lipinski definition) is 5. The normalized spacial score (nSPS) is 14.4. The number of aromatic nitrogens is 2. The number of piperazine rings is 1. The monoisotopic (exact) mass is 484 g/mol. The summed E-state index contributed by atoms with van der Waals surface area (Å²) in [5, 5.41) is 1.10. The summed E-state index contributed by atoms with van der Waals surface area (Å²) < 4.78 is 1.61. The van der Waals surface area contributed by atoms with Crippen molar-refractivity contribution in [3.8, 4) is 5.69 Å². The Bertz CT molecular complexity index is 1400. The summed E-state index contributed by atoms with van der Waals surface area (Å²) in [5.41, 5.74) is 3.84. The van der Waals surface area contributed by atoms with Crippen molar-refractivity contribution in [2.45, 2.75) is 18.6 Å². The van der Waals surface area contributed by atoms with Crippen molar-refractivity contribution in [2.75, 3.05) is 31.9 Å². The van der Waals surface area contributed by atoms with Crippen LogP contribution in [-0.2, 0) is 11.3 Å². The molecule has 3 aromatic carbocycles. The van der Waals surface area contributed by atoms with E-state index in [1.807, 2.05) is 53.4 Å². The lowest BCUT2D eigenvalue weighted by Gasteiger charge is -2.34. The van der Waals surface area contributed by atoms with Gasteiger partial charge in [0.25, 0.3) is 5.56 Å². The molecule has 5 rings (SSSR count). The minimum atomic E-state index is -0.124. The zero-order valence-electron chi connectivity index (χ0n) is 19.8. The molecule has 7 heteroatoms. The lowest BCUT2D eigenvalue weighted by atomic mass is 10.1. The molecule has 1 aliphatic rings. The van der Waals surface area contributed by atoms with Gasteiger partial charge in [0.1, 0.15) is 0 Å². The lowest BCUT2D eigenvalue weighted by molar-refractivity contribution is -0.130. The van der Waals surface area contributed by atoms with Crippen LogP contribution in [0.4, 0.5) is 0 Å². The molecule has 0 radical (unpaired) electrons. The standard InChI is InChI=1S/C28H28N4O2S/c1-21-8-7-9-22(18-21)19-30-14-16-31(17-15-30)26(33)20-35-28-29-25-13-6-5-12-24(25)27(34)32(28)23-10-3-2-4-11-23/h2-13,18H,14-17,19-20H2,1H3. The number of fused-ring (bicyclic) bond motifs is 1. The SMILES string of the molecule is Cc1cccc(CN2CCN(C(=O)CSc3nc4ccccc4c(=O)n3-c3ccccc3)CC2)c1. The van der Waals surface area contributed by atoms with Gasteiger partial charge in [-0.1, -0.05) is 71.9 Å². The third-order valence-electron chi connectivity index (χ3n) is 6.30. The van der Waals surface area contributed by atoms with Crippen LogP contribution in [0.5, 0.6) is 0 Å². The molecule has 0 spiro atoms. The van der Waals surface area contributed by atoms with Crippen molar-refractivity contribution in [2.24, 2.45) is 0 Å². The Hall–Kier alpha value is -3.42. The first-order valence-electron chi connectivity index (χ1n) is 11.8. The van der Waals surface area contributed by atoms with E-state index in [4.69, 9.17) is 4.98 Å². The number of benzene rings is 3. The number of para-hydroxylation sites is 2. The summed E-state index contributed by atoms with van der Waals surface area (Å²) in [5.74, 6) is 0.322. The molecule has 0 saturated carbocycles. The van der Waals surface area contributed by atoms with E-state index < -0.39 is 0 Å². The molecule has 178 valence electrons. The molecular weight excluding hydrogens is 456 g/mol. The minimum Gasteiger partial charge on any atom is -0.339 e. The van der Waals surface area contributed by atoms with Crippen molar-refractivity contribution in [1.29, 1.82) is 0 Å². The predicted octanol–water partition coefficient (Wildman–Crippen LogP) is 4.13. The van der Waals surface area contributed by atoms with Crippen molar-refractivity contribution >= 4 is 28.6 Å². The fourth-order valence-electron chi connectivity index (χ4n) is 4.46. The van der Waals surface area contributed by atoms with E-state index in [1.54, 1.807) is 10.6 Å². The van der Waals surface area contributed by atoms with E-state index in [1.165, 1.54) is 22.9 Å². The molecule has 0 unspecified atom stereocenters. The van der Waals surface area contributed by atoms with Gasteiger partial charge in [0.15, 0.2) is 5.16 Å². The summed E-state index contributed by atoms with van der Waals surface area (Å²) in [7, 11) is 0. The number of carbonyl (C=O) groups excluding carboxylic acids is 1.